The Balaban J connectivity index is -0.000000213. The Bertz CT molecular complexity index is 339. The average Bonchev–Trinajstić information content (AvgIpc) is 2.15. The Labute approximate surface area is 208 Å². The summed E-state index contributed by atoms with van der Waals surface area (Å²) >= 11 is 0. The van der Waals surface area contributed by atoms with Crippen molar-refractivity contribution in [2.75, 3.05) is 0 Å². The fraction of sp³-hybridized carbons (Fsp3) is 0.500. The van der Waals surface area contributed by atoms with Crippen molar-refractivity contribution in [3.05, 3.63) is 0 Å². The minimum atomic E-state index is -2.38. The number of rotatable bonds is 8. The van der Waals surface area contributed by atoms with Crippen molar-refractivity contribution in [1.82, 2.24) is 5.32 Å². The summed E-state index contributed by atoms with van der Waals surface area (Å²) in [5.74, 6) is -7.63. The van der Waals surface area contributed by atoms with Gasteiger partial charge in [0.1, 0.15) is 0 Å². The van der Waals surface area contributed by atoms with E-state index in [1.54, 1.807) is 5.32 Å². The Kier molecular flexibility index (Phi) is 29.6. The first-order chi connectivity index (χ1) is 7.75. The number of carbonyl (C=O) groups excluding carboxylic acids is 4. The van der Waals surface area contributed by atoms with E-state index in [9.17, 15) is 39.6 Å². The van der Waals surface area contributed by atoms with Gasteiger partial charge in [-0.15, -0.1) is 0 Å². The molecule has 96 valence electrons. The van der Waals surface area contributed by atoms with E-state index in [-0.39, 0.29) is 118 Å². The van der Waals surface area contributed by atoms with Gasteiger partial charge in [0.15, 0.2) is 0 Å². The molecule has 0 aliphatic heterocycles. The van der Waals surface area contributed by atoms with Gasteiger partial charge in [-0.2, -0.15) is 0 Å². The third-order valence-corrected chi connectivity index (χ3v) is 1.76. The van der Waals surface area contributed by atoms with E-state index in [4.69, 9.17) is 0 Å². The number of carboxylic acids is 4. The number of hydrogen-bond donors (Lipinski definition) is 1. The number of carboxylic acid groups (broad SMARTS) is 4. The molecule has 0 aromatic heterocycles. The SMILES string of the molecule is O=C([O-])CC[C@H](NC(C(=O)[O-])C(=O)[O-])C(=O)[O-].[Na+].[Na+].[Na+].[Na+]. The number of aliphatic carboxylic acids is 4. The maximum atomic E-state index is 10.5. The first-order valence-corrected chi connectivity index (χ1v) is 4.34. The Morgan fingerprint density at radius 1 is 0.762 bits per heavy atom. The molecule has 0 saturated carbocycles. The molecule has 0 unspecified atom stereocenters. The molecule has 0 aliphatic carbocycles. The zero-order valence-electron chi connectivity index (χ0n) is 12.3. The van der Waals surface area contributed by atoms with Crippen molar-refractivity contribution in [2.45, 2.75) is 24.9 Å². The van der Waals surface area contributed by atoms with Gasteiger partial charge in [0.25, 0.3) is 0 Å². The van der Waals surface area contributed by atoms with Crippen LogP contribution >= 0.6 is 0 Å². The fourth-order valence-corrected chi connectivity index (χ4v) is 0.965. The maximum absolute atomic E-state index is 10.5. The molecule has 0 rings (SSSR count). The summed E-state index contributed by atoms with van der Waals surface area (Å²) in [6.07, 6.45) is -1.31. The first-order valence-electron chi connectivity index (χ1n) is 4.34. The molecular formula is C8H7NNa4O8. The molecule has 0 spiro atoms. The second kappa shape index (κ2) is 18.2. The number of carbonyl (C=O) groups is 4. The third kappa shape index (κ3) is 16.5. The van der Waals surface area contributed by atoms with Crippen molar-refractivity contribution in [3.63, 3.8) is 0 Å². The summed E-state index contributed by atoms with van der Waals surface area (Å²) in [5, 5.41) is 42.8. The minimum absolute atomic E-state index is 0. The maximum Gasteiger partial charge on any atom is 1.00 e. The molecule has 1 atom stereocenters. The predicted octanol–water partition coefficient (Wildman–Crippen LogP) is -18.9. The van der Waals surface area contributed by atoms with Gasteiger partial charge in [-0.3, -0.25) is 5.32 Å². The second-order valence-electron chi connectivity index (χ2n) is 3.02. The fourth-order valence-electron chi connectivity index (χ4n) is 0.965. The van der Waals surface area contributed by atoms with Gasteiger partial charge in [0, 0.05) is 12.0 Å². The second-order valence-corrected chi connectivity index (χ2v) is 3.02. The van der Waals surface area contributed by atoms with Gasteiger partial charge in [0.2, 0.25) is 0 Å². The van der Waals surface area contributed by atoms with Gasteiger partial charge in [-0.1, -0.05) is 0 Å². The van der Waals surface area contributed by atoms with Crippen LogP contribution in [0.25, 0.3) is 0 Å². The molecule has 13 heteroatoms. The summed E-state index contributed by atoms with van der Waals surface area (Å²) in [7, 11) is 0. The molecule has 0 bridgehead atoms. The van der Waals surface area contributed by atoms with E-state index in [0.29, 0.717) is 0 Å². The van der Waals surface area contributed by atoms with Gasteiger partial charge >= 0.3 is 118 Å². The van der Waals surface area contributed by atoms with Crippen LogP contribution in [0.15, 0.2) is 0 Å². The first kappa shape index (κ1) is 34.2. The molecule has 0 fully saturated rings. The van der Waals surface area contributed by atoms with Crippen molar-refractivity contribution in [1.29, 1.82) is 0 Å². The van der Waals surface area contributed by atoms with E-state index in [0.717, 1.165) is 0 Å². The molecule has 0 aromatic carbocycles. The Hall–Kier alpha value is 1.84. The smallest absolute Gasteiger partial charge is 0.550 e. The molecule has 0 aliphatic rings. The normalized spacial score (nSPS) is 9.76. The molecule has 1 N–H and O–H groups in total. The zero-order chi connectivity index (χ0) is 13.6. The summed E-state index contributed by atoms with van der Waals surface area (Å²) < 4.78 is 0. The van der Waals surface area contributed by atoms with Gasteiger partial charge < -0.3 is 39.6 Å². The standard InChI is InChI=1S/C8H11NO8.4Na/c10-4(11)2-1-3(6(12)13)9-5(7(14)15)8(16)17;;;;/h3,5,9H,1-2H2,(H,10,11)(H,12,13)(H,14,15)(H,16,17);;;;/q;4*+1/p-4/t3-;;;;/m0..../s1. The molecule has 0 radical (unpaired) electrons. The third-order valence-electron chi connectivity index (χ3n) is 1.76. The summed E-state index contributed by atoms with van der Waals surface area (Å²) in [6, 6.07) is -4.16. The summed E-state index contributed by atoms with van der Waals surface area (Å²) in [4.78, 5) is 41.2. The Morgan fingerprint density at radius 2 is 1.14 bits per heavy atom. The van der Waals surface area contributed by atoms with Crippen LogP contribution in [0.2, 0.25) is 0 Å². The van der Waals surface area contributed by atoms with Gasteiger partial charge in [-0.25, -0.2) is 0 Å². The minimum Gasteiger partial charge on any atom is -0.550 e. The van der Waals surface area contributed by atoms with Crippen LogP contribution in [0.1, 0.15) is 12.8 Å². The molecular weight excluding hydrogens is 330 g/mol. The average molecular weight is 337 g/mol. The van der Waals surface area contributed by atoms with E-state index in [1.165, 1.54) is 0 Å². The van der Waals surface area contributed by atoms with Crippen molar-refractivity contribution in [2.24, 2.45) is 0 Å². The van der Waals surface area contributed by atoms with Crippen LogP contribution in [0, 0.1) is 0 Å². The van der Waals surface area contributed by atoms with Crippen molar-refractivity contribution in [3.8, 4) is 0 Å². The van der Waals surface area contributed by atoms with Crippen molar-refractivity contribution >= 4 is 23.9 Å². The quantitative estimate of drug-likeness (QED) is 0.333. The van der Waals surface area contributed by atoms with E-state index < -0.39 is 48.8 Å². The predicted molar refractivity (Wildman–Crippen MR) is 40.0 cm³/mol. The topological polar surface area (TPSA) is 173 Å². The molecule has 21 heavy (non-hydrogen) atoms. The number of nitrogens with one attached hydrogen (secondary N) is 1. The van der Waals surface area contributed by atoms with Gasteiger partial charge in [0.05, 0.1) is 23.9 Å². The summed E-state index contributed by atoms with van der Waals surface area (Å²) in [5.41, 5.74) is 0. The van der Waals surface area contributed by atoms with Crippen LogP contribution in [0.5, 0.6) is 0 Å². The van der Waals surface area contributed by atoms with E-state index in [2.05, 4.69) is 0 Å². The van der Waals surface area contributed by atoms with E-state index >= 15 is 0 Å². The molecule has 0 aromatic rings. The van der Waals surface area contributed by atoms with Gasteiger partial charge in [-0.05, 0) is 12.8 Å². The van der Waals surface area contributed by atoms with Crippen LogP contribution < -0.4 is 144 Å². The monoisotopic (exact) mass is 337 g/mol. The molecule has 0 amide bonds. The van der Waals surface area contributed by atoms with Crippen LogP contribution in [0.4, 0.5) is 0 Å². The van der Waals surface area contributed by atoms with Crippen LogP contribution in [-0.2, 0) is 19.2 Å². The Morgan fingerprint density at radius 3 is 1.38 bits per heavy atom. The largest absolute Gasteiger partial charge is 1.00 e. The van der Waals surface area contributed by atoms with Crippen molar-refractivity contribution < 1.29 is 158 Å². The molecule has 0 heterocycles. The van der Waals surface area contributed by atoms with E-state index in [1.807, 2.05) is 0 Å². The zero-order valence-corrected chi connectivity index (χ0v) is 20.3. The van der Waals surface area contributed by atoms with Crippen LogP contribution in [-0.4, -0.2) is 36.0 Å². The molecule has 0 saturated heterocycles. The summed E-state index contributed by atoms with van der Waals surface area (Å²) in [6.45, 7) is 0. The van der Waals surface area contributed by atoms with Crippen LogP contribution in [0.3, 0.4) is 0 Å². The number of hydrogen-bond acceptors (Lipinski definition) is 9. The molecule has 9 nitrogen and oxygen atoms in total.